The van der Waals surface area contributed by atoms with Crippen LogP contribution in [-0.4, -0.2) is 16.9 Å². The normalized spacial score (nSPS) is 13.7. The second kappa shape index (κ2) is 2.89. The molecule has 0 aromatic rings. The Morgan fingerprint density at radius 2 is 1.86 bits per heavy atom. The highest BCUT2D eigenvalue weighted by Crippen LogP contribution is 2.06. The molecule has 0 saturated carbocycles. The van der Waals surface area contributed by atoms with Crippen molar-refractivity contribution in [3.63, 3.8) is 0 Å². The van der Waals surface area contributed by atoms with Gasteiger partial charge in [0.2, 0.25) is 0 Å². The molecule has 0 aliphatic carbocycles. The standard InChI is InChI=1S/C4H13ClSi2/c1-7(2,3)4-6-5/h4,6H2,1-3H3. The molecule has 0 N–H and O–H groups in total. The molecule has 0 aliphatic heterocycles. The fraction of sp³-hybridized carbons (Fsp3) is 1.00. The minimum Gasteiger partial charge on any atom is -0.176 e. The minimum absolute atomic E-state index is 0.156. The van der Waals surface area contributed by atoms with Crippen LogP contribution in [0.5, 0.6) is 0 Å². The van der Waals surface area contributed by atoms with E-state index in [0.29, 0.717) is 0 Å². The summed E-state index contributed by atoms with van der Waals surface area (Å²) < 4.78 is 0. The summed E-state index contributed by atoms with van der Waals surface area (Å²) in [7, 11) is -0.884. The van der Waals surface area contributed by atoms with Crippen LogP contribution in [0.1, 0.15) is 0 Å². The summed E-state index contributed by atoms with van der Waals surface area (Å²) in [6.07, 6.45) is 0. The summed E-state index contributed by atoms with van der Waals surface area (Å²) in [5, 5.41) is 0. The molecule has 44 valence electrons. The summed E-state index contributed by atoms with van der Waals surface area (Å²) in [6, 6.07) is 0. The molecular formula is C4H13ClSi2. The van der Waals surface area contributed by atoms with Crippen LogP contribution >= 0.6 is 11.1 Å². The van der Waals surface area contributed by atoms with Gasteiger partial charge in [-0.05, 0) is 0 Å². The minimum atomic E-state index is -0.727. The Kier molecular flexibility index (Phi) is 3.19. The molecule has 7 heavy (non-hydrogen) atoms. The van der Waals surface area contributed by atoms with E-state index in [1.807, 2.05) is 0 Å². The smallest absolute Gasteiger partial charge is 0.122 e. The third kappa shape index (κ3) is 6.72. The van der Waals surface area contributed by atoms with Gasteiger partial charge >= 0.3 is 0 Å². The van der Waals surface area contributed by atoms with Crippen molar-refractivity contribution in [1.29, 1.82) is 0 Å². The number of halogens is 1. The number of hydrogen-bond donors (Lipinski definition) is 0. The van der Waals surface area contributed by atoms with E-state index in [-0.39, 0.29) is 8.83 Å². The average molecular weight is 153 g/mol. The SMILES string of the molecule is C[Si](C)(C)C[SiH2]Cl. The molecule has 0 aromatic heterocycles. The van der Waals surface area contributed by atoms with Crippen LogP contribution in [0.2, 0.25) is 25.3 Å². The van der Waals surface area contributed by atoms with Gasteiger partial charge in [0, 0.05) is 8.07 Å². The van der Waals surface area contributed by atoms with E-state index < -0.39 is 8.07 Å². The van der Waals surface area contributed by atoms with Gasteiger partial charge in [0.05, 0.1) is 0 Å². The van der Waals surface area contributed by atoms with Crippen LogP contribution in [-0.2, 0) is 0 Å². The van der Waals surface area contributed by atoms with Crippen molar-refractivity contribution in [3.05, 3.63) is 0 Å². The van der Waals surface area contributed by atoms with Crippen LogP contribution in [0.3, 0.4) is 0 Å². The Morgan fingerprint density at radius 1 is 1.43 bits per heavy atom. The topological polar surface area (TPSA) is 0 Å². The molecule has 0 aromatic carbocycles. The quantitative estimate of drug-likeness (QED) is 0.417. The lowest BCUT2D eigenvalue weighted by molar-refractivity contribution is 1.64. The Morgan fingerprint density at radius 3 is 1.86 bits per heavy atom. The maximum Gasteiger partial charge on any atom is 0.122 e. The molecule has 0 amide bonds. The van der Waals surface area contributed by atoms with E-state index in [9.17, 15) is 0 Å². The van der Waals surface area contributed by atoms with Gasteiger partial charge in [-0.1, -0.05) is 25.3 Å². The highest BCUT2D eigenvalue weighted by molar-refractivity contribution is 7.01. The molecule has 0 spiro atoms. The van der Waals surface area contributed by atoms with Crippen molar-refractivity contribution in [2.45, 2.75) is 25.3 Å². The van der Waals surface area contributed by atoms with Gasteiger partial charge in [-0.3, -0.25) is 0 Å². The lowest BCUT2D eigenvalue weighted by atomic mass is 11.8. The Hall–Kier alpha value is 0.724. The first-order valence-electron chi connectivity index (χ1n) is 2.62. The van der Waals surface area contributed by atoms with E-state index in [1.165, 1.54) is 5.67 Å². The van der Waals surface area contributed by atoms with E-state index in [2.05, 4.69) is 19.6 Å². The van der Waals surface area contributed by atoms with Gasteiger partial charge in [0.1, 0.15) is 8.83 Å². The maximum atomic E-state index is 5.66. The van der Waals surface area contributed by atoms with Gasteiger partial charge in [0.25, 0.3) is 0 Å². The third-order valence-corrected chi connectivity index (χ3v) is 9.30. The van der Waals surface area contributed by atoms with Crippen LogP contribution in [0, 0.1) is 0 Å². The fourth-order valence-electron chi connectivity index (χ4n) is 0.283. The first-order valence-corrected chi connectivity index (χ1v) is 9.47. The lowest BCUT2D eigenvalue weighted by Crippen LogP contribution is -2.20. The van der Waals surface area contributed by atoms with Gasteiger partial charge < -0.3 is 0 Å². The van der Waals surface area contributed by atoms with E-state index in [4.69, 9.17) is 11.1 Å². The Labute approximate surface area is 53.8 Å². The van der Waals surface area contributed by atoms with Gasteiger partial charge in [-0.2, -0.15) is 11.1 Å². The first-order chi connectivity index (χ1) is 3.06. The number of rotatable bonds is 2. The molecule has 0 rings (SSSR count). The monoisotopic (exact) mass is 152 g/mol. The molecule has 0 saturated heterocycles. The molecule has 0 nitrogen and oxygen atoms in total. The van der Waals surface area contributed by atoms with Crippen LogP contribution < -0.4 is 0 Å². The van der Waals surface area contributed by atoms with E-state index in [0.717, 1.165) is 0 Å². The molecule has 3 heteroatoms. The van der Waals surface area contributed by atoms with Gasteiger partial charge in [-0.25, -0.2) is 0 Å². The number of hydrogen-bond acceptors (Lipinski definition) is 0. The molecule has 0 unspecified atom stereocenters. The predicted octanol–water partition coefficient (Wildman–Crippen LogP) is 1.60. The highest BCUT2D eigenvalue weighted by Gasteiger charge is 2.10. The third-order valence-electron chi connectivity index (χ3n) is 0.844. The zero-order valence-corrected chi connectivity index (χ0v) is 8.46. The molecule has 0 fully saturated rings. The van der Waals surface area contributed by atoms with Crippen molar-refractivity contribution < 1.29 is 0 Å². The van der Waals surface area contributed by atoms with Crippen molar-refractivity contribution in [2.24, 2.45) is 0 Å². The van der Waals surface area contributed by atoms with Crippen LogP contribution in [0.4, 0.5) is 0 Å². The maximum absolute atomic E-state index is 5.66. The molecule has 0 aliphatic rings. The first kappa shape index (κ1) is 7.72. The summed E-state index contributed by atoms with van der Waals surface area (Å²) in [4.78, 5) is 0. The Balaban J connectivity index is 3.15. The molecule has 0 atom stereocenters. The highest BCUT2D eigenvalue weighted by atomic mass is 35.6. The fourth-order valence-corrected chi connectivity index (χ4v) is 7.65. The summed E-state index contributed by atoms with van der Waals surface area (Å²) in [6.45, 7) is 7.09. The summed E-state index contributed by atoms with van der Waals surface area (Å²) in [5.41, 5.74) is 1.38. The predicted molar refractivity (Wildman–Crippen MR) is 42.6 cm³/mol. The van der Waals surface area contributed by atoms with Gasteiger partial charge in [0.15, 0.2) is 0 Å². The molecule has 0 radical (unpaired) electrons. The van der Waals surface area contributed by atoms with Crippen molar-refractivity contribution in [3.8, 4) is 0 Å². The zero-order chi connectivity index (χ0) is 5.91. The molecular weight excluding hydrogens is 140 g/mol. The van der Waals surface area contributed by atoms with Crippen LogP contribution in [0.25, 0.3) is 0 Å². The summed E-state index contributed by atoms with van der Waals surface area (Å²) >= 11 is 5.66. The lowest BCUT2D eigenvalue weighted by Gasteiger charge is -2.11. The zero-order valence-electron chi connectivity index (χ0n) is 5.29. The largest absolute Gasteiger partial charge is 0.176 e. The van der Waals surface area contributed by atoms with E-state index in [1.54, 1.807) is 0 Å². The second-order valence-electron chi connectivity index (χ2n) is 3.00. The van der Waals surface area contributed by atoms with Crippen molar-refractivity contribution >= 4 is 28.0 Å². The average Bonchev–Trinajstić information content (AvgIpc) is 1.30. The molecule has 0 bridgehead atoms. The second-order valence-corrected chi connectivity index (χ2v) is 11.6. The van der Waals surface area contributed by atoms with Gasteiger partial charge in [-0.15, -0.1) is 0 Å². The van der Waals surface area contributed by atoms with Crippen molar-refractivity contribution in [1.82, 2.24) is 0 Å². The van der Waals surface area contributed by atoms with Crippen LogP contribution in [0.15, 0.2) is 0 Å². The van der Waals surface area contributed by atoms with Crippen molar-refractivity contribution in [2.75, 3.05) is 0 Å². The molecule has 0 heterocycles. The Bertz CT molecular complexity index is 48.1. The van der Waals surface area contributed by atoms with E-state index >= 15 is 0 Å². The summed E-state index contributed by atoms with van der Waals surface area (Å²) in [5.74, 6) is 0.